The average molecular weight is 288 g/mol. The van der Waals surface area contributed by atoms with Gasteiger partial charge < -0.3 is 16.4 Å². The SMILES string of the molecule is NC(=O)c1ccc(N2Cc3ccc(N)cc3C2)c(Cl)c1. The molecule has 2 aromatic carbocycles. The maximum absolute atomic E-state index is 11.1. The van der Waals surface area contributed by atoms with Gasteiger partial charge in [-0.2, -0.15) is 0 Å². The molecule has 5 heteroatoms. The number of fused-ring (bicyclic) bond motifs is 1. The van der Waals surface area contributed by atoms with E-state index < -0.39 is 5.91 Å². The third-order valence-electron chi connectivity index (χ3n) is 3.53. The highest BCUT2D eigenvalue weighted by Gasteiger charge is 2.21. The van der Waals surface area contributed by atoms with Crippen LogP contribution < -0.4 is 16.4 Å². The number of benzene rings is 2. The first-order valence-corrected chi connectivity index (χ1v) is 6.64. The van der Waals surface area contributed by atoms with Crippen molar-refractivity contribution in [1.82, 2.24) is 0 Å². The predicted octanol–water partition coefficient (Wildman–Crippen LogP) is 2.54. The zero-order valence-corrected chi connectivity index (χ0v) is 11.5. The molecule has 1 amide bonds. The van der Waals surface area contributed by atoms with E-state index in [1.54, 1.807) is 12.1 Å². The zero-order chi connectivity index (χ0) is 14.3. The molecule has 4 nitrogen and oxygen atoms in total. The van der Waals surface area contributed by atoms with Gasteiger partial charge in [0.2, 0.25) is 5.91 Å². The molecule has 0 spiro atoms. The fraction of sp³-hybridized carbons (Fsp3) is 0.133. The van der Waals surface area contributed by atoms with E-state index in [-0.39, 0.29) is 0 Å². The highest BCUT2D eigenvalue weighted by atomic mass is 35.5. The maximum atomic E-state index is 11.1. The summed E-state index contributed by atoms with van der Waals surface area (Å²) in [5.41, 5.74) is 15.6. The second kappa shape index (κ2) is 4.72. The van der Waals surface area contributed by atoms with Crippen LogP contribution in [0.5, 0.6) is 0 Å². The Labute approximate surface area is 121 Å². The van der Waals surface area contributed by atoms with Crippen LogP contribution in [0, 0.1) is 0 Å². The number of amides is 1. The van der Waals surface area contributed by atoms with Crippen molar-refractivity contribution in [1.29, 1.82) is 0 Å². The molecule has 0 saturated heterocycles. The highest BCUT2D eigenvalue weighted by molar-refractivity contribution is 6.33. The van der Waals surface area contributed by atoms with E-state index in [9.17, 15) is 4.79 Å². The quantitative estimate of drug-likeness (QED) is 0.834. The third-order valence-corrected chi connectivity index (χ3v) is 3.83. The molecule has 2 aromatic rings. The summed E-state index contributed by atoms with van der Waals surface area (Å²) in [5.74, 6) is -0.476. The number of primary amides is 1. The summed E-state index contributed by atoms with van der Waals surface area (Å²) in [6.07, 6.45) is 0. The molecule has 0 unspecified atom stereocenters. The summed E-state index contributed by atoms with van der Waals surface area (Å²) < 4.78 is 0. The van der Waals surface area contributed by atoms with E-state index in [0.717, 1.165) is 24.5 Å². The van der Waals surface area contributed by atoms with Crippen LogP contribution in [0.15, 0.2) is 36.4 Å². The van der Waals surface area contributed by atoms with E-state index in [4.69, 9.17) is 23.1 Å². The molecule has 0 bridgehead atoms. The van der Waals surface area contributed by atoms with Crippen molar-refractivity contribution >= 4 is 28.9 Å². The van der Waals surface area contributed by atoms with Gasteiger partial charge in [-0.05, 0) is 41.5 Å². The molecule has 1 heterocycles. The first-order valence-electron chi connectivity index (χ1n) is 6.26. The lowest BCUT2D eigenvalue weighted by molar-refractivity contribution is 0.100. The lowest BCUT2D eigenvalue weighted by Gasteiger charge is -2.19. The Kier molecular flexibility index (Phi) is 3.03. The number of nitrogen functional groups attached to an aromatic ring is 1. The van der Waals surface area contributed by atoms with E-state index in [2.05, 4.69) is 4.90 Å². The standard InChI is InChI=1S/C15H14ClN3O/c16-13-6-9(15(18)20)2-4-14(13)19-7-10-1-3-12(17)5-11(10)8-19/h1-6H,7-8,17H2,(H2,18,20). The number of anilines is 2. The number of halogens is 1. The predicted molar refractivity (Wildman–Crippen MR) is 80.7 cm³/mol. The molecule has 4 N–H and O–H groups in total. The summed E-state index contributed by atoms with van der Waals surface area (Å²) >= 11 is 6.25. The fourth-order valence-electron chi connectivity index (χ4n) is 2.50. The summed E-state index contributed by atoms with van der Waals surface area (Å²) in [4.78, 5) is 13.3. The first kappa shape index (κ1) is 12.8. The second-order valence-corrected chi connectivity index (χ2v) is 5.32. The minimum Gasteiger partial charge on any atom is -0.399 e. The van der Waals surface area contributed by atoms with Crippen molar-refractivity contribution in [3.63, 3.8) is 0 Å². The topological polar surface area (TPSA) is 72.4 Å². The number of hydrogen-bond donors (Lipinski definition) is 2. The lowest BCUT2D eigenvalue weighted by Crippen LogP contribution is -2.16. The number of carbonyl (C=O) groups excluding carboxylic acids is 1. The van der Waals surface area contributed by atoms with E-state index in [1.165, 1.54) is 11.1 Å². The van der Waals surface area contributed by atoms with Gasteiger partial charge >= 0.3 is 0 Å². The molecule has 20 heavy (non-hydrogen) atoms. The minimum atomic E-state index is -0.476. The molecule has 0 radical (unpaired) electrons. The van der Waals surface area contributed by atoms with Crippen LogP contribution in [0.3, 0.4) is 0 Å². The Morgan fingerprint density at radius 1 is 1.10 bits per heavy atom. The average Bonchev–Trinajstić information content (AvgIpc) is 2.80. The third kappa shape index (κ3) is 2.18. The number of rotatable bonds is 2. The van der Waals surface area contributed by atoms with Crippen LogP contribution in [0.25, 0.3) is 0 Å². The summed E-state index contributed by atoms with van der Waals surface area (Å²) in [5, 5.41) is 0.530. The molecule has 3 rings (SSSR count). The van der Waals surface area contributed by atoms with Gasteiger partial charge in [-0.25, -0.2) is 0 Å². The molecule has 1 aliphatic rings. The smallest absolute Gasteiger partial charge is 0.248 e. The van der Waals surface area contributed by atoms with Crippen LogP contribution in [-0.2, 0) is 13.1 Å². The Hall–Kier alpha value is -2.20. The highest BCUT2D eigenvalue weighted by Crippen LogP contribution is 2.34. The van der Waals surface area contributed by atoms with Crippen LogP contribution >= 0.6 is 11.6 Å². The molecule has 1 aliphatic heterocycles. The number of carbonyl (C=O) groups is 1. The molecule has 102 valence electrons. The zero-order valence-electron chi connectivity index (χ0n) is 10.8. The van der Waals surface area contributed by atoms with Crippen molar-refractivity contribution in [2.45, 2.75) is 13.1 Å². The van der Waals surface area contributed by atoms with Crippen LogP contribution in [0.4, 0.5) is 11.4 Å². The first-order chi connectivity index (χ1) is 9.54. The molecule has 0 atom stereocenters. The number of nitrogens with zero attached hydrogens (tertiary/aromatic N) is 1. The summed E-state index contributed by atoms with van der Waals surface area (Å²) in [6.45, 7) is 1.54. The molecule has 0 fully saturated rings. The van der Waals surface area contributed by atoms with Gasteiger partial charge in [0.15, 0.2) is 0 Å². The Morgan fingerprint density at radius 2 is 1.85 bits per heavy atom. The number of hydrogen-bond acceptors (Lipinski definition) is 3. The van der Waals surface area contributed by atoms with Gasteiger partial charge in [0, 0.05) is 24.3 Å². The molecular weight excluding hydrogens is 274 g/mol. The summed E-state index contributed by atoms with van der Waals surface area (Å²) in [7, 11) is 0. The Morgan fingerprint density at radius 3 is 2.55 bits per heavy atom. The van der Waals surface area contributed by atoms with Crippen molar-refractivity contribution < 1.29 is 4.79 Å². The molecular formula is C15H14ClN3O. The van der Waals surface area contributed by atoms with Crippen LogP contribution in [0.1, 0.15) is 21.5 Å². The van der Waals surface area contributed by atoms with Gasteiger partial charge in [-0.15, -0.1) is 0 Å². The Balaban J connectivity index is 1.91. The van der Waals surface area contributed by atoms with Gasteiger partial charge in [0.25, 0.3) is 0 Å². The van der Waals surface area contributed by atoms with Gasteiger partial charge in [-0.3, -0.25) is 4.79 Å². The molecule has 0 aliphatic carbocycles. The van der Waals surface area contributed by atoms with Crippen molar-refractivity contribution in [2.24, 2.45) is 5.73 Å². The monoisotopic (exact) mass is 287 g/mol. The minimum absolute atomic E-state index is 0.416. The van der Waals surface area contributed by atoms with Crippen LogP contribution in [0.2, 0.25) is 5.02 Å². The van der Waals surface area contributed by atoms with Crippen molar-refractivity contribution in [3.05, 3.63) is 58.1 Å². The molecule has 0 aromatic heterocycles. The van der Waals surface area contributed by atoms with Gasteiger partial charge in [0.1, 0.15) is 0 Å². The van der Waals surface area contributed by atoms with Gasteiger partial charge in [-0.1, -0.05) is 17.7 Å². The maximum Gasteiger partial charge on any atom is 0.248 e. The largest absolute Gasteiger partial charge is 0.399 e. The normalized spacial score (nSPS) is 13.3. The fourth-order valence-corrected chi connectivity index (χ4v) is 2.80. The van der Waals surface area contributed by atoms with Crippen molar-refractivity contribution in [3.8, 4) is 0 Å². The lowest BCUT2D eigenvalue weighted by atomic mass is 10.1. The van der Waals surface area contributed by atoms with E-state index in [0.29, 0.717) is 10.6 Å². The summed E-state index contributed by atoms with van der Waals surface area (Å²) in [6, 6.07) is 11.1. The van der Waals surface area contributed by atoms with Crippen LogP contribution in [-0.4, -0.2) is 5.91 Å². The van der Waals surface area contributed by atoms with Crippen molar-refractivity contribution in [2.75, 3.05) is 10.6 Å². The second-order valence-electron chi connectivity index (χ2n) is 4.91. The molecule has 0 saturated carbocycles. The van der Waals surface area contributed by atoms with Gasteiger partial charge in [0.05, 0.1) is 10.7 Å². The number of nitrogens with two attached hydrogens (primary N) is 2. The Bertz CT molecular complexity index is 700. The van der Waals surface area contributed by atoms with E-state index >= 15 is 0 Å². The van der Waals surface area contributed by atoms with E-state index in [1.807, 2.05) is 24.3 Å².